The van der Waals surface area contributed by atoms with E-state index in [0.29, 0.717) is 30.1 Å². The maximum atomic E-state index is 13.8. The predicted octanol–water partition coefficient (Wildman–Crippen LogP) is 2.89. The van der Waals surface area contributed by atoms with E-state index in [0.717, 1.165) is 0 Å². The van der Waals surface area contributed by atoms with Gasteiger partial charge in [-0.15, -0.1) is 0 Å². The Labute approximate surface area is 135 Å². The second-order valence-electron chi connectivity index (χ2n) is 5.13. The molecule has 0 aliphatic carbocycles. The third-order valence-electron chi connectivity index (χ3n) is 3.40. The summed E-state index contributed by atoms with van der Waals surface area (Å²) in [5.41, 5.74) is 1.19. The van der Waals surface area contributed by atoms with Crippen LogP contribution in [0.3, 0.4) is 0 Å². The number of halogens is 1. The lowest BCUT2D eigenvalue weighted by molar-refractivity contribution is -0.137. The van der Waals surface area contributed by atoms with Gasteiger partial charge >= 0.3 is 5.97 Å². The lowest BCUT2D eigenvalue weighted by Crippen LogP contribution is -2.09. The summed E-state index contributed by atoms with van der Waals surface area (Å²) in [4.78, 5) is 11.5. The number of esters is 1. The standard InChI is InChI=1S/C17H21FO5/c1-4-21-17(19)6-5-14-15(7-12(18)8-16(14)20-3)11(2)22-9-13-10-23-13/h5-8,11,13H,4,9-10H2,1-3H3/b6-5+/t11-,13+/m1/s1. The summed E-state index contributed by atoms with van der Waals surface area (Å²) in [5, 5.41) is 0. The molecule has 0 saturated carbocycles. The molecule has 6 heteroatoms. The fourth-order valence-electron chi connectivity index (χ4n) is 2.14. The fraction of sp³-hybridized carbons (Fsp3) is 0.471. The van der Waals surface area contributed by atoms with E-state index in [4.69, 9.17) is 18.9 Å². The molecular weight excluding hydrogens is 303 g/mol. The van der Waals surface area contributed by atoms with Crippen molar-refractivity contribution in [2.75, 3.05) is 26.9 Å². The van der Waals surface area contributed by atoms with Crippen LogP contribution in [0.4, 0.5) is 4.39 Å². The molecule has 0 unspecified atom stereocenters. The molecule has 1 heterocycles. The van der Waals surface area contributed by atoms with Gasteiger partial charge in [0.25, 0.3) is 0 Å². The first-order valence-electron chi connectivity index (χ1n) is 7.50. The number of methoxy groups -OCH3 is 1. The molecule has 0 aromatic heterocycles. The summed E-state index contributed by atoms with van der Waals surface area (Å²) in [6.45, 7) is 4.97. The van der Waals surface area contributed by atoms with E-state index in [1.54, 1.807) is 13.0 Å². The van der Waals surface area contributed by atoms with Crippen LogP contribution in [0.5, 0.6) is 5.75 Å². The highest BCUT2D eigenvalue weighted by Crippen LogP contribution is 2.32. The average molecular weight is 324 g/mol. The third-order valence-corrected chi connectivity index (χ3v) is 3.40. The number of carbonyl (C=O) groups is 1. The van der Waals surface area contributed by atoms with Gasteiger partial charge in [0, 0.05) is 17.7 Å². The predicted molar refractivity (Wildman–Crippen MR) is 82.7 cm³/mol. The van der Waals surface area contributed by atoms with Gasteiger partial charge in [0.2, 0.25) is 0 Å². The van der Waals surface area contributed by atoms with Crippen molar-refractivity contribution in [1.82, 2.24) is 0 Å². The summed E-state index contributed by atoms with van der Waals surface area (Å²) in [7, 11) is 1.45. The molecule has 126 valence electrons. The summed E-state index contributed by atoms with van der Waals surface area (Å²) in [5.74, 6) is -0.563. The van der Waals surface area contributed by atoms with Crippen molar-refractivity contribution >= 4 is 12.0 Å². The Morgan fingerprint density at radius 3 is 2.87 bits per heavy atom. The van der Waals surface area contributed by atoms with Crippen LogP contribution in [0, 0.1) is 5.82 Å². The van der Waals surface area contributed by atoms with Gasteiger partial charge in [-0.25, -0.2) is 9.18 Å². The Kier molecular flexibility index (Phi) is 6.12. The van der Waals surface area contributed by atoms with Crippen molar-refractivity contribution in [3.8, 4) is 5.75 Å². The van der Waals surface area contributed by atoms with Crippen molar-refractivity contribution in [2.45, 2.75) is 26.1 Å². The maximum Gasteiger partial charge on any atom is 0.330 e. The zero-order valence-corrected chi connectivity index (χ0v) is 13.5. The largest absolute Gasteiger partial charge is 0.496 e. The lowest BCUT2D eigenvalue weighted by atomic mass is 10.0. The monoisotopic (exact) mass is 324 g/mol. The molecule has 0 bridgehead atoms. The van der Waals surface area contributed by atoms with Crippen LogP contribution in [-0.2, 0) is 19.0 Å². The van der Waals surface area contributed by atoms with Gasteiger partial charge in [0.15, 0.2) is 0 Å². The topological polar surface area (TPSA) is 57.3 Å². The molecule has 1 aliphatic heterocycles. The zero-order valence-electron chi connectivity index (χ0n) is 13.5. The van der Waals surface area contributed by atoms with E-state index in [2.05, 4.69) is 0 Å². The number of ether oxygens (including phenoxy) is 4. The summed E-state index contributed by atoms with van der Waals surface area (Å²) < 4.78 is 34.7. The van der Waals surface area contributed by atoms with E-state index in [1.807, 2.05) is 6.92 Å². The van der Waals surface area contributed by atoms with Crippen LogP contribution in [0.1, 0.15) is 31.1 Å². The molecule has 0 radical (unpaired) electrons. The number of rotatable bonds is 8. The molecule has 0 amide bonds. The highest BCUT2D eigenvalue weighted by molar-refractivity contribution is 5.88. The zero-order chi connectivity index (χ0) is 16.8. The average Bonchev–Trinajstić information content (AvgIpc) is 3.35. The highest BCUT2D eigenvalue weighted by Gasteiger charge is 2.25. The molecule has 2 rings (SSSR count). The van der Waals surface area contributed by atoms with Crippen LogP contribution in [0.2, 0.25) is 0 Å². The second-order valence-corrected chi connectivity index (χ2v) is 5.13. The fourth-order valence-corrected chi connectivity index (χ4v) is 2.14. The van der Waals surface area contributed by atoms with Crippen LogP contribution >= 0.6 is 0 Å². The molecule has 5 nitrogen and oxygen atoms in total. The number of benzene rings is 1. The molecule has 1 aliphatic rings. The van der Waals surface area contributed by atoms with Crippen molar-refractivity contribution < 1.29 is 28.1 Å². The summed E-state index contributed by atoms with van der Waals surface area (Å²) in [6.07, 6.45) is 2.59. The van der Waals surface area contributed by atoms with E-state index in [9.17, 15) is 9.18 Å². The normalized spacial score (nSPS) is 18.0. The van der Waals surface area contributed by atoms with Crippen molar-refractivity contribution in [3.63, 3.8) is 0 Å². The third kappa shape index (κ3) is 5.04. The molecule has 0 spiro atoms. The summed E-state index contributed by atoms with van der Waals surface area (Å²) >= 11 is 0. The Hall–Kier alpha value is -1.92. The molecule has 1 aromatic carbocycles. The Bertz CT molecular complexity index is 581. The second kappa shape index (κ2) is 8.08. The van der Waals surface area contributed by atoms with E-state index in [-0.39, 0.29) is 18.8 Å². The Morgan fingerprint density at radius 2 is 2.26 bits per heavy atom. The highest BCUT2D eigenvalue weighted by atomic mass is 19.1. The van der Waals surface area contributed by atoms with Crippen LogP contribution in [0.15, 0.2) is 18.2 Å². The maximum absolute atomic E-state index is 13.8. The minimum atomic E-state index is -0.468. The number of hydrogen-bond acceptors (Lipinski definition) is 5. The van der Waals surface area contributed by atoms with Gasteiger partial charge in [-0.05, 0) is 31.6 Å². The molecule has 23 heavy (non-hydrogen) atoms. The van der Waals surface area contributed by atoms with Gasteiger partial charge < -0.3 is 18.9 Å². The summed E-state index contributed by atoms with van der Waals surface area (Å²) in [6, 6.07) is 2.65. The van der Waals surface area contributed by atoms with Crippen molar-refractivity contribution in [2.24, 2.45) is 0 Å². The van der Waals surface area contributed by atoms with Gasteiger partial charge in [0.05, 0.1) is 33.0 Å². The van der Waals surface area contributed by atoms with Crippen LogP contribution in [0.25, 0.3) is 6.08 Å². The van der Waals surface area contributed by atoms with Crippen molar-refractivity contribution in [1.29, 1.82) is 0 Å². The Morgan fingerprint density at radius 1 is 1.52 bits per heavy atom. The van der Waals surface area contributed by atoms with Gasteiger partial charge in [0.1, 0.15) is 17.7 Å². The SMILES string of the molecule is CCOC(=O)/C=C/c1c(OC)cc(F)cc1[C@@H](C)OC[C@H]1CO1. The molecule has 1 saturated heterocycles. The van der Waals surface area contributed by atoms with Gasteiger partial charge in [-0.3, -0.25) is 0 Å². The number of carbonyl (C=O) groups excluding carboxylic acids is 1. The minimum Gasteiger partial charge on any atom is -0.496 e. The number of epoxide rings is 1. The molecule has 1 aromatic rings. The van der Waals surface area contributed by atoms with E-state index >= 15 is 0 Å². The molecule has 2 atom stereocenters. The quantitative estimate of drug-likeness (QED) is 0.418. The van der Waals surface area contributed by atoms with Crippen molar-refractivity contribution in [3.05, 3.63) is 35.2 Å². The first-order chi connectivity index (χ1) is 11.0. The van der Waals surface area contributed by atoms with E-state index < -0.39 is 11.8 Å². The number of hydrogen-bond donors (Lipinski definition) is 0. The molecular formula is C17H21FO5. The first-order valence-corrected chi connectivity index (χ1v) is 7.50. The van der Waals surface area contributed by atoms with Gasteiger partial charge in [-0.2, -0.15) is 0 Å². The lowest BCUT2D eigenvalue weighted by Gasteiger charge is -2.18. The van der Waals surface area contributed by atoms with Crippen LogP contribution < -0.4 is 4.74 Å². The van der Waals surface area contributed by atoms with Gasteiger partial charge in [-0.1, -0.05) is 0 Å². The Balaban J connectivity index is 2.26. The van der Waals surface area contributed by atoms with Crippen LogP contribution in [-0.4, -0.2) is 39.0 Å². The molecule has 0 N–H and O–H groups in total. The first kappa shape index (κ1) is 17.4. The minimum absolute atomic E-state index is 0.117. The smallest absolute Gasteiger partial charge is 0.330 e. The van der Waals surface area contributed by atoms with E-state index in [1.165, 1.54) is 25.3 Å². The molecule has 1 fully saturated rings.